The number of ether oxygens (including phenoxy) is 2. The van der Waals surface area contributed by atoms with Gasteiger partial charge in [0.1, 0.15) is 0 Å². The third kappa shape index (κ3) is 3.84. The van der Waals surface area contributed by atoms with Gasteiger partial charge in [-0.1, -0.05) is 6.92 Å². The number of benzene rings is 1. The Morgan fingerprint density at radius 2 is 2.09 bits per heavy atom. The summed E-state index contributed by atoms with van der Waals surface area (Å²) >= 11 is 0. The Morgan fingerprint density at radius 1 is 1.32 bits per heavy atom. The SMILES string of the molecule is CCCN1CCC(O)C(Cc2cc(N)c(OC)c(OC)c2)C1. The third-order valence-corrected chi connectivity index (χ3v) is 4.38. The van der Waals surface area contributed by atoms with E-state index in [9.17, 15) is 5.11 Å². The van der Waals surface area contributed by atoms with E-state index in [-0.39, 0.29) is 12.0 Å². The first kappa shape index (κ1) is 16.9. The van der Waals surface area contributed by atoms with Gasteiger partial charge >= 0.3 is 0 Å². The molecule has 22 heavy (non-hydrogen) atoms. The zero-order valence-corrected chi connectivity index (χ0v) is 13.8. The third-order valence-electron chi connectivity index (χ3n) is 4.38. The van der Waals surface area contributed by atoms with Crippen molar-refractivity contribution in [3.05, 3.63) is 17.7 Å². The molecule has 2 unspecified atom stereocenters. The number of anilines is 1. The average molecular weight is 308 g/mol. The molecule has 5 heteroatoms. The molecular formula is C17H28N2O3. The van der Waals surface area contributed by atoms with Crippen LogP contribution in [0.15, 0.2) is 12.1 Å². The summed E-state index contributed by atoms with van der Waals surface area (Å²) in [7, 11) is 3.20. The smallest absolute Gasteiger partial charge is 0.183 e. The van der Waals surface area contributed by atoms with Gasteiger partial charge in [0.15, 0.2) is 11.5 Å². The quantitative estimate of drug-likeness (QED) is 0.786. The van der Waals surface area contributed by atoms with Crippen LogP contribution < -0.4 is 15.2 Å². The summed E-state index contributed by atoms with van der Waals surface area (Å²) in [5, 5.41) is 10.3. The summed E-state index contributed by atoms with van der Waals surface area (Å²) in [6.45, 7) is 5.20. The summed E-state index contributed by atoms with van der Waals surface area (Å²) in [6.07, 6.45) is 2.54. The Kier molecular flexibility index (Phi) is 5.91. The lowest BCUT2D eigenvalue weighted by Crippen LogP contribution is -2.44. The maximum absolute atomic E-state index is 10.3. The summed E-state index contributed by atoms with van der Waals surface area (Å²) in [4.78, 5) is 2.43. The van der Waals surface area contributed by atoms with Crippen molar-refractivity contribution in [1.82, 2.24) is 4.90 Å². The van der Waals surface area contributed by atoms with Gasteiger partial charge in [-0.3, -0.25) is 0 Å². The topological polar surface area (TPSA) is 68.0 Å². The number of piperidine rings is 1. The molecule has 1 aromatic carbocycles. The van der Waals surface area contributed by atoms with Crippen LogP contribution in [0.4, 0.5) is 5.69 Å². The highest BCUT2D eigenvalue weighted by molar-refractivity contribution is 5.62. The second kappa shape index (κ2) is 7.70. The van der Waals surface area contributed by atoms with Gasteiger partial charge in [-0.25, -0.2) is 0 Å². The number of nitrogens with zero attached hydrogens (tertiary/aromatic N) is 1. The number of aliphatic hydroxyl groups is 1. The monoisotopic (exact) mass is 308 g/mol. The molecule has 2 atom stereocenters. The fourth-order valence-electron chi connectivity index (χ4n) is 3.29. The molecule has 0 aromatic heterocycles. The number of methoxy groups -OCH3 is 2. The molecule has 2 rings (SSSR count). The summed E-state index contributed by atoms with van der Waals surface area (Å²) < 4.78 is 10.6. The van der Waals surface area contributed by atoms with Gasteiger partial charge in [-0.15, -0.1) is 0 Å². The second-order valence-corrected chi connectivity index (χ2v) is 6.04. The Bertz CT molecular complexity index is 493. The fourth-order valence-corrected chi connectivity index (χ4v) is 3.29. The van der Waals surface area contributed by atoms with Crippen LogP contribution in [0, 0.1) is 5.92 Å². The Hall–Kier alpha value is -1.46. The van der Waals surface area contributed by atoms with Crippen LogP contribution >= 0.6 is 0 Å². The van der Waals surface area contributed by atoms with Crippen LogP contribution in [0.1, 0.15) is 25.3 Å². The first-order chi connectivity index (χ1) is 10.6. The van der Waals surface area contributed by atoms with E-state index < -0.39 is 0 Å². The van der Waals surface area contributed by atoms with Crippen molar-refractivity contribution in [1.29, 1.82) is 0 Å². The van der Waals surface area contributed by atoms with Gasteiger partial charge in [-0.2, -0.15) is 0 Å². The van der Waals surface area contributed by atoms with Crippen molar-refractivity contribution in [2.24, 2.45) is 5.92 Å². The van der Waals surface area contributed by atoms with Crippen LogP contribution in [0.25, 0.3) is 0 Å². The van der Waals surface area contributed by atoms with E-state index in [2.05, 4.69) is 11.8 Å². The molecule has 1 heterocycles. The molecule has 1 aliphatic rings. The average Bonchev–Trinajstić information content (AvgIpc) is 2.50. The number of hydrogen-bond donors (Lipinski definition) is 2. The standard InChI is InChI=1S/C17H28N2O3/c1-4-6-19-7-5-15(20)13(11-19)8-12-9-14(18)17(22-3)16(10-12)21-2/h9-10,13,15,20H,4-8,11,18H2,1-3H3. The van der Waals surface area contributed by atoms with Gasteiger partial charge in [0.25, 0.3) is 0 Å². The minimum atomic E-state index is -0.248. The molecule has 1 aromatic rings. The first-order valence-corrected chi connectivity index (χ1v) is 7.99. The molecule has 0 saturated carbocycles. The van der Waals surface area contributed by atoms with E-state index in [4.69, 9.17) is 15.2 Å². The molecule has 1 fully saturated rings. The normalized spacial score (nSPS) is 22.5. The first-order valence-electron chi connectivity index (χ1n) is 7.99. The van der Waals surface area contributed by atoms with Crippen LogP contribution in [-0.4, -0.2) is 50.0 Å². The van der Waals surface area contributed by atoms with Gasteiger partial charge in [0, 0.05) is 19.0 Å². The zero-order valence-electron chi connectivity index (χ0n) is 13.8. The molecule has 3 N–H and O–H groups in total. The molecule has 0 radical (unpaired) electrons. The maximum atomic E-state index is 10.3. The number of hydrogen-bond acceptors (Lipinski definition) is 5. The van der Waals surface area contributed by atoms with Gasteiger partial charge in [0.05, 0.1) is 26.0 Å². The van der Waals surface area contributed by atoms with Gasteiger partial charge < -0.3 is 25.2 Å². The van der Waals surface area contributed by atoms with Crippen molar-refractivity contribution in [2.75, 3.05) is 39.6 Å². The Balaban J connectivity index is 2.13. The van der Waals surface area contributed by atoms with Crippen molar-refractivity contribution >= 4 is 5.69 Å². The molecule has 0 spiro atoms. The Labute approximate surface area is 133 Å². The lowest BCUT2D eigenvalue weighted by Gasteiger charge is -2.36. The highest BCUT2D eigenvalue weighted by Crippen LogP contribution is 2.35. The second-order valence-electron chi connectivity index (χ2n) is 6.04. The van der Waals surface area contributed by atoms with Crippen molar-refractivity contribution < 1.29 is 14.6 Å². The molecule has 0 aliphatic carbocycles. The lowest BCUT2D eigenvalue weighted by atomic mass is 9.88. The van der Waals surface area contributed by atoms with Crippen molar-refractivity contribution in [3.8, 4) is 11.5 Å². The van der Waals surface area contributed by atoms with E-state index in [1.54, 1.807) is 14.2 Å². The molecule has 0 bridgehead atoms. The molecule has 1 saturated heterocycles. The summed E-state index contributed by atoms with van der Waals surface area (Å²) in [5.41, 5.74) is 7.70. The van der Waals surface area contributed by atoms with E-state index in [0.717, 1.165) is 44.5 Å². The predicted octanol–water partition coefficient (Wildman–Crippen LogP) is 1.92. The van der Waals surface area contributed by atoms with Crippen LogP contribution in [-0.2, 0) is 6.42 Å². The summed E-state index contributed by atoms with van der Waals surface area (Å²) in [6, 6.07) is 3.88. The van der Waals surface area contributed by atoms with E-state index >= 15 is 0 Å². The molecule has 1 aliphatic heterocycles. The van der Waals surface area contributed by atoms with Gasteiger partial charge in [0.2, 0.25) is 0 Å². The van der Waals surface area contributed by atoms with Crippen LogP contribution in [0.2, 0.25) is 0 Å². The number of aliphatic hydroxyl groups excluding tert-OH is 1. The minimum Gasteiger partial charge on any atom is -0.493 e. The predicted molar refractivity (Wildman–Crippen MR) is 88.5 cm³/mol. The Morgan fingerprint density at radius 3 is 2.73 bits per heavy atom. The molecule has 5 nitrogen and oxygen atoms in total. The van der Waals surface area contributed by atoms with Crippen LogP contribution in [0.5, 0.6) is 11.5 Å². The van der Waals surface area contributed by atoms with E-state index in [0.29, 0.717) is 17.2 Å². The number of nitrogens with two attached hydrogens (primary N) is 1. The van der Waals surface area contributed by atoms with E-state index in [1.807, 2.05) is 12.1 Å². The molecular weight excluding hydrogens is 280 g/mol. The van der Waals surface area contributed by atoms with Crippen molar-refractivity contribution in [3.63, 3.8) is 0 Å². The highest BCUT2D eigenvalue weighted by atomic mass is 16.5. The van der Waals surface area contributed by atoms with E-state index in [1.165, 1.54) is 0 Å². The van der Waals surface area contributed by atoms with Crippen molar-refractivity contribution in [2.45, 2.75) is 32.3 Å². The van der Waals surface area contributed by atoms with Crippen LogP contribution in [0.3, 0.4) is 0 Å². The minimum absolute atomic E-state index is 0.234. The number of rotatable bonds is 6. The molecule has 0 amide bonds. The lowest BCUT2D eigenvalue weighted by molar-refractivity contribution is 0.0270. The number of nitrogen functional groups attached to an aromatic ring is 1. The summed E-state index contributed by atoms with van der Waals surface area (Å²) in [5.74, 6) is 1.45. The molecule has 124 valence electrons. The maximum Gasteiger partial charge on any atom is 0.183 e. The highest BCUT2D eigenvalue weighted by Gasteiger charge is 2.27. The van der Waals surface area contributed by atoms with Gasteiger partial charge in [-0.05, 0) is 43.5 Å². The fraction of sp³-hybridized carbons (Fsp3) is 0.647. The largest absolute Gasteiger partial charge is 0.493 e. The zero-order chi connectivity index (χ0) is 16.1. The number of likely N-dealkylation sites (tertiary alicyclic amines) is 1.